The Hall–Kier alpha value is -0.900. The summed E-state index contributed by atoms with van der Waals surface area (Å²) < 4.78 is 10.7. The average molecular weight is 237 g/mol. The van der Waals surface area contributed by atoms with E-state index in [4.69, 9.17) is 9.47 Å². The van der Waals surface area contributed by atoms with E-state index in [-0.39, 0.29) is 6.10 Å². The molecule has 0 unspecified atom stereocenters. The van der Waals surface area contributed by atoms with E-state index in [1.165, 1.54) is 5.56 Å². The average Bonchev–Trinajstić information content (AvgIpc) is 2.38. The molecule has 1 rings (SSSR count). The largest absolute Gasteiger partial charge is 0.383 e. The molecule has 0 spiro atoms. The van der Waals surface area contributed by atoms with Crippen molar-refractivity contribution in [2.45, 2.75) is 19.1 Å². The van der Waals surface area contributed by atoms with Crippen molar-refractivity contribution in [3.8, 4) is 0 Å². The summed E-state index contributed by atoms with van der Waals surface area (Å²) in [5.74, 6) is 0. The van der Waals surface area contributed by atoms with Crippen molar-refractivity contribution in [3.05, 3.63) is 35.9 Å². The minimum atomic E-state index is 0.0954. The van der Waals surface area contributed by atoms with Gasteiger partial charge in [-0.25, -0.2) is 0 Å². The minimum Gasteiger partial charge on any atom is -0.383 e. The molecule has 3 heteroatoms. The van der Waals surface area contributed by atoms with Crippen LogP contribution in [0.4, 0.5) is 0 Å². The summed E-state index contributed by atoms with van der Waals surface area (Å²) in [4.78, 5) is 2.25. The van der Waals surface area contributed by atoms with Crippen molar-refractivity contribution in [1.29, 1.82) is 0 Å². The molecule has 0 radical (unpaired) electrons. The zero-order chi connectivity index (χ0) is 12.7. The topological polar surface area (TPSA) is 21.7 Å². The molecule has 0 aliphatic carbocycles. The van der Waals surface area contributed by atoms with Gasteiger partial charge in [-0.15, -0.1) is 0 Å². The van der Waals surface area contributed by atoms with Gasteiger partial charge in [-0.1, -0.05) is 30.3 Å². The third kappa shape index (κ3) is 4.11. The summed E-state index contributed by atoms with van der Waals surface area (Å²) in [6, 6.07) is 10.6. The van der Waals surface area contributed by atoms with Crippen molar-refractivity contribution in [2.24, 2.45) is 0 Å². The zero-order valence-corrected chi connectivity index (χ0v) is 11.2. The third-order valence-corrected chi connectivity index (χ3v) is 3.16. The molecule has 0 amide bonds. The summed E-state index contributed by atoms with van der Waals surface area (Å²) in [5, 5.41) is 0. The number of hydrogen-bond donors (Lipinski definition) is 0. The highest BCUT2D eigenvalue weighted by atomic mass is 16.5. The van der Waals surface area contributed by atoms with Gasteiger partial charge in [0.15, 0.2) is 0 Å². The maximum absolute atomic E-state index is 5.62. The number of nitrogens with zero attached hydrogens (tertiary/aromatic N) is 1. The van der Waals surface area contributed by atoms with Gasteiger partial charge in [-0.05, 0) is 19.5 Å². The number of rotatable bonds is 7. The Balaban J connectivity index is 2.67. The predicted octanol–water partition coefficient (Wildman–Crippen LogP) is 2.34. The van der Waals surface area contributed by atoms with E-state index in [0.29, 0.717) is 6.04 Å². The highest BCUT2D eigenvalue weighted by molar-refractivity contribution is 5.19. The number of methoxy groups -OCH3 is 2. The van der Waals surface area contributed by atoms with Crippen LogP contribution in [0.3, 0.4) is 0 Å². The fourth-order valence-corrected chi connectivity index (χ4v) is 1.92. The first-order valence-corrected chi connectivity index (χ1v) is 5.97. The molecule has 0 aromatic heterocycles. The second kappa shape index (κ2) is 7.43. The summed E-state index contributed by atoms with van der Waals surface area (Å²) in [6.45, 7) is 3.83. The van der Waals surface area contributed by atoms with Gasteiger partial charge < -0.3 is 9.47 Å². The molecule has 17 heavy (non-hydrogen) atoms. The standard InChI is InChI=1S/C14H23NO2/c1-12(15(2)10-11-16-3)14(17-4)13-8-6-5-7-9-13/h5-9,12,14H,10-11H2,1-4H3/t12-,14-/m0/s1. The van der Waals surface area contributed by atoms with Crippen LogP contribution in [0, 0.1) is 0 Å². The minimum absolute atomic E-state index is 0.0954. The first kappa shape index (κ1) is 14.2. The fraction of sp³-hybridized carbons (Fsp3) is 0.571. The third-order valence-electron chi connectivity index (χ3n) is 3.16. The van der Waals surface area contributed by atoms with E-state index in [9.17, 15) is 0 Å². The van der Waals surface area contributed by atoms with Crippen LogP contribution < -0.4 is 0 Å². The molecule has 1 aromatic carbocycles. The molecule has 0 aliphatic rings. The summed E-state index contributed by atoms with van der Waals surface area (Å²) >= 11 is 0. The van der Waals surface area contributed by atoms with Crippen LogP contribution in [0.1, 0.15) is 18.6 Å². The summed E-state index contributed by atoms with van der Waals surface area (Å²) in [6.07, 6.45) is 0.0954. The monoisotopic (exact) mass is 237 g/mol. The Kier molecular flexibility index (Phi) is 6.19. The molecule has 0 N–H and O–H groups in total. The van der Waals surface area contributed by atoms with Gasteiger partial charge in [0, 0.05) is 26.8 Å². The lowest BCUT2D eigenvalue weighted by atomic mass is 10.0. The van der Waals surface area contributed by atoms with Crippen LogP contribution in [0.15, 0.2) is 30.3 Å². The van der Waals surface area contributed by atoms with Crippen LogP contribution >= 0.6 is 0 Å². The lowest BCUT2D eigenvalue weighted by Gasteiger charge is -2.31. The Labute approximate surface area is 104 Å². The molecule has 2 atom stereocenters. The number of ether oxygens (including phenoxy) is 2. The fourth-order valence-electron chi connectivity index (χ4n) is 1.92. The SMILES string of the molecule is COCCN(C)[C@@H](C)[C@H](OC)c1ccccc1. The van der Waals surface area contributed by atoms with Gasteiger partial charge in [0.25, 0.3) is 0 Å². The van der Waals surface area contributed by atoms with E-state index in [1.54, 1.807) is 14.2 Å². The van der Waals surface area contributed by atoms with Gasteiger partial charge in [0.05, 0.1) is 12.7 Å². The van der Waals surface area contributed by atoms with E-state index in [0.717, 1.165) is 13.2 Å². The van der Waals surface area contributed by atoms with Crippen molar-refractivity contribution >= 4 is 0 Å². The first-order valence-electron chi connectivity index (χ1n) is 5.97. The summed E-state index contributed by atoms with van der Waals surface area (Å²) in [7, 11) is 5.58. The molecule has 3 nitrogen and oxygen atoms in total. The lowest BCUT2D eigenvalue weighted by molar-refractivity contribution is 0.0217. The van der Waals surface area contributed by atoms with Crippen LogP contribution in [0.5, 0.6) is 0 Å². The Morgan fingerprint density at radius 3 is 2.35 bits per heavy atom. The smallest absolute Gasteiger partial charge is 0.0973 e. The van der Waals surface area contributed by atoms with Gasteiger partial charge in [0.2, 0.25) is 0 Å². The van der Waals surface area contributed by atoms with Gasteiger partial charge in [0.1, 0.15) is 0 Å². The second-order valence-electron chi connectivity index (χ2n) is 4.28. The Morgan fingerprint density at radius 2 is 1.82 bits per heavy atom. The molecule has 0 aliphatic heterocycles. The van der Waals surface area contributed by atoms with Crippen molar-refractivity contribution in [3.63, 3.8) is 0 Å². The van der Waals surface area contributed by atoms with E-state index in [1.807, 2.05) is 18.2 Å². The zero-order valence-electron chi connectivity index (χ0n) is 11.2. The Bertz CT molecular complexity index is 302. The summed E-state index contributed by atoms with van der Waals surface area (Å²) in [5.41, 5.74) is 1.21. The van der Waals surface area contributed by atoms with Crippen molar-refractivity contribution in [2.75, 3.05) is 34.4 Å². The first-order chi connectivity index (χ1) is 8.20. The Morgan fingerprint density at radius 1 is 1.18 bits per heavy atom. The number of hydrogen-bond acceptors (Lipinski definition) is 3. The molecule has 0 bridgehead atoms. The molecular formula is C14H23NO2. The van der Waals surface area contributed by atoms with Crippen LogP contribution in [-0.4, -0.2) is 45.4 Å². The van der Waals surface area contributed by atoms with E-state index >= 15 is 0 Å². The predicted molar refractivity (Wildman–Crippen MR) is 70.2 cm³/mol. The van der Waals surface area contributed by atoms with Gasteiger partial charge in [-0.3, -0.25) is 4.90 Å². The quantitative estimate of drug-likeness (QED) is 0.726. The molecule has 0 fully saturated rings. The van der Waals surface area contributed by atoms with Crippen LogP contribution in [0.2, 0.25) is 0 Å². The van der Waals surface area contributed by atoms with Crippen LogP contribution in [-0.2, 0) is 9.47 Å². The highest BCUT2D eigenvalue weighted by Gasteiger charge is 2.21. The van der Waals surface area contributed by atoms with E-state index in [2.05, 4.69) is 31.0 Å². The molecule has 96 valence electrons. The van der Waals surface area contributed by atoms with Crippen LogP contribution in [0.25, 0.3) is 0 Å². The molecule has 1 aromatic rings. The second-order valence-corrected chi connectivity index (χ2v) is 4.28. The van der Waals surface area contributed by atoms with Gasteiger partial charge >= 0.3 is 0 Å². The highest BCUT2D eigenvalue weighted by Crippen LogP contribution is 2.23. The maximum atomic E-state index is 5.62. The normalized spacial score (nSPS) is 14.9. The molecule has 0 saturated carbocycles. The van der Waals surface area contributed by atoms with Crippen molar-refractivity contribution in [1.82, 2.24) is 4.90 Å². The maximum Gasteiger partial charge on any atom is 0.0973 e. The number of likely N-dealkylation sites (N-methyl/N-ethyl adjacent to an activating group) is 1. The molecule has 0 saturated heterocycles. The number of benzene rings is 1. The lowest BCUT2D eigenvalue weighted by Crippen LogP contribution is -2.37. The molecular weight excluding hydrogens is 214 g/mol. The van der Waals surface area contributed by atoms with Gasteiger partial charge in [-0.2, -0.15) is 0 Å². The van der Waals surface area contributed by atoms with E-state index < -0.39 is 0 Å². The molecule has 0 heterocycles. The van der Waals surface area contributed by atoms with Crippen molar-refractivity contribution < 1.29 is 9.47 Å².